The number of carbonyl (C=O) groups is 1. The molecule has 0 saturated carbocycles. The summed E-state index contributed by atoms with van der Waals surface area (Å²) in [5.41, 5.74) is 1.11. The molecule has 2 N–H and O–H groups in total. The van der Waals surface area contributed by atoms with Gasteiger partial charge < -0.3 is 15.5 Å². The average Bonchev–Trinajstić information content (AvgIpc) is 2.48. The minimum Gasteiger partial charge on any atom is -0.368 e. The van der Waals surface area contributed by atoms with Gasteiger partial charge in [-0.3, -0.25) is 4.79 Å². The highest BCUT2D eigenvalue weighted by molar-refractivity contribution is 5.91. The lowest BCUT2D eigenvalue weighted by atomic mass is 10.1. The van der Waals surface area contributed by atoms with E-state index in [1.165, 1.54) is 0 Å². The van der Waals surface area contributed by atoms with Gasteiger partial charge in [-0.2, -0.15) is 0 Å². The van der Waals surface area contributed by atoms with Crippen LogP contribution in [0, 0.1) is 5.92 Å². The summed E-state index contributed by atoms with van der Waals surface area (Å²) in [6, 6.07) is 3.89. The van der Waals surface area contributed by atoms with E-state index in [0.29, 0.717) is 5.82 Å². The molecule has 0 radical (unpaired) electrons. The number of rotatable bonds is 4. The quantitative estimate of drug-likeness (QED) is 0.863. The molecule has 2 rings (SSSR count). The zero-order valence-electron chi connectivity index (χ0n) is 11.6. The third kappa shape index (κ3) is 3.67. The van der Waals surface area contributed by atoms with Crippen LogP contribution in [0.4, 0.5) is 11.5 Å². The van der Waals surface area contributed by atoms with Gasteiger partial charge in [0.15, 0.2) is 0 Å². The van der Waals surface area contributed by atoms with Gasteiger partial charge in [0.25, 0.3) is 0 Å². The van der Waals surface area contributed by atoms with Gasteiger partial charge in [-0.25, -0.2) is 4.98 Å². The van der Waals surface area contributed by atoms with Gasteiger partial charge in [0.2, 0.25) is 5.91 Å². The van der Waals surface area contributed by atoms with Gasteiger partial charge in [0.1, 0.15) is 5.82 Å². The van der Waals surface area contributed by atoms with Crippen LogP contribution in [0.15, 0.2) is 18.3 Å². The molecule has 5 heteroatoms. The minimum atomic E-state index is 0.0228. The monoisotopic (exact) mass is 262 g/mol. The Balaban J connectivity index is 1.96. The van der Waals surface area contributed by atoms with E-state index in [0.717, 1.165) is 38.3 Å². The Bertz CT molecular complexity index is 412. The number of hydrogen-bond donors (Lipinski definition) is 2. The maximum atomic E-state index is 11.8. The molecule has 1 aliphatic rings. The second-order valence-electron chi connectivity index (χ2n) is 4.94. The highest BCUT2D eigenvalue weighted by atomic mass is 16.1. The predicted octanol–water partition coefficient (Wildman–Crippen LogP) is 1.48. The Morgan fingerprint density at radius 3 is 2.79 bits per heavy atom. The number of anilines is 2. The number of amides is 1. The fraction of sp³-hybridized carbons (Fsp3) is 0.571. The number of pyridine rings is 1. The molecule has 5 nitrogen and oxygen atoms in total. The lowest BCUT2D eigenvalue weighted by molar-refractivity contribution is -0.119. The van der Waals surface area contributed by atoms with Crippen molar-refractivity contribution in [1.29, 1.82) is 0 Å². The number of hydrogen-bond acceptors (Lipinski definition) is 4. The molecule has 1 aromatic heterocycles. The van der Waals surface area contributed by atoms with Gasteiger partial charge in [0, 0.05) is 32.1 Å². The van der Waals surface area contributed by atoms with Crippen molar-refractivity contribution in [3.05, 3.63) is 18.3 Å². The third-order valence-electron chi connectivity index (χ3n) is 3.54. The lowest BCUT2D eigenvalue weighted by Crippen LogP contribution is -2.43. The van der Waals surface area contributed by atoms with E-state index in [1.54, 1.807) is 0 Å². The number of piperazine rings is 1. The van der Waals surface area contributed by atoms with E-state index in [9.17, 15) is 4.79 Å². The summed E-state index contributed by atoms with van der Waals surface area (Å²) >= 11 is 0. The highest BCUT2D eigenvalue weighted by Gasteiger charge is 2.13. The number of carbonyl (C=O) groups excluding carboxylic acids is 1. The van der Waals surface area contributed by atoms with Crippen molar-refractivity contribution in [3.8, 4) is 0 Å². The standard InChI is InChI=1S/C14H22N4O/c1-3-11(2)14(19)17-13-5-4-12(10-16-13)18-8-6-15-7-9-18/h4-5,10-11,15H,3,6-9H2,1-2H3,(H,16,17,19). The molecule has 0 aromatic carbocycles. The second kappa shape index (κ2) is 6.52. The molecule has 1 atom stereocenters. The average molecular weight is 262 g/mol. The van der Waals surface area contributed by atoms with Crippen LogP contribution in [-0.2, 0) is 4.79 Å². The summed E-state index contributed by atoms with van der Waals surface area (Å²) in [4.78, 5) is 18.4. The fourth-order valence-corrected chi connectivity index (χ4v) is 2.00. The van der Waals surface area contributed by atoms with E-state index in [2.05, 4.69) is 20.5 Å². The molecule has 1 fully saturated rings. The van der Waals surface area contributed by atoms with Gasteiger partial charge in [0.05, 0.1) is 11.9 Å². The topological polar surface area (TPSA) is 57.3 Å². The van der Waals surface area contributed by atoms with E-state index >= 15 is 0 Å². The maximum Gasteiger partial charge on any atom is 0.228 e. The molecule has 1 aromatic rings. The molecule has 19 heavy (non-hydrogen) atoms. The largest absolute Gasteiger partial charge is 0.368 e. The van der Waals surface area contributed by atoms with Crippen LogP contribution in [0.5, 0.6) is 0 Å². The van der Waals surface area contributed by atoms with Crippen LogP contribution in [0.3, 0.4) is 0 Å². The van der Waals surface area contributed by atoms with Crippen molar-refractivity contribution in [2.75, 3.05) is 36.4 Å². The molecule has 1 unspecified atom stereocenters. The van der Waals surface area contributed by atoms with Crippen molar-refractivity contribution in [2.24, 2.45) is 5.92 Å². The van der Waals surface area contributed by atoms with E-state index in [1.807, 2.05) is 32.2 Å². The second-order valence-corrected chi connectivity index (χ2v) is 4.94. The van der Waals surface area contributed by atoms with Gasteiger partial charge >= 0.3 is 0 Å². The van der Waals surface area contributed by atoms with E-state index < -0.39 is 0 Å². The smallest absolute Gasteiger partial charge is 0.228 e. The van der Waals surface area contributed by atoms with Gasteiger partial charge in [-0.15, -0.1) is 0 Å². The van der Waals surface area contributed by atoms with Crippen LogP contribution >= 0.6 is 0 Å². The van der Waals surface area contributed by atoms with Crippen LogP contribution < -0.4 is 15.5 Å². The minimum absolute atomic E-state index is 0.0228. The molecule has 2 heterocycles. The van der Waals surface area contributed by atoms with Crippen LogP contribution in [0.25, 0.3) is 0 Å². The van der Waals surface area contributed by atoms with Crippen molar-refractivity contribution in [2.45, 2.75) is 20.3 Å². The molecule has 1 amide bonds. The molecule has 104 valence electrons. The first-order valence-corrected chi connectivity index (χ1v) is 6.93. The molecule has 1 saturated heterocycles. The van der Waals surface area contributed by atoms with Gasteiger partial charge in [-0.1, -0.05) is 13.8 Å². The molecular weight excluding hydrogens is 240 g/mol. The molecular formula is C14H22N4O. The summed E-state index contributed by atoms with van der Waals surface area (Å²) < 4.78 is 0. The van der Waals surface area contributed by atoms with Crippen molar-refractivity contribution < 1.29 is 4.79 Å². The van der Waals surface area contributed by atoms with Crippen LogP contribution in [0.1, 0.15) is 20.3 Å². The first kappa shape index (κ1) is 13.8. The summed E-state index contributed by atoms with van der Waals surface area (Å²) in [7, 11) is 0. The van der Waals surface area contributed by atoms with Gasteiger partial charge in [-0.05, 0) is 18.6 Å². The summed E-state index contributed by atoms with van der Waals surface area (Å²) in [5.74, 6) is 0.684. The lowest BCUT2D eigenvalue weighted by Gasteiger charge is -2.29. The molecule has 0 bridgehead atoms. The first-order chi connectivity index (χ1) is 9.20. The molecule has 0 spiro atoms. The Labute approximate surface area is 114 Å². The maximum absolute atomic E-state index is 11.8. The molecule has 0 aliphatic carbocycles. The molecule has 1 aliphatic heterocycles. The van der Waals surface area contributed by atoms with Crippen molar-refractivity contribution >= 4 is 17.4 Å². The number of nitrogens with one attached hydrogen (secondary N) is 2. The predicted molar refractivity (Wildman–Crippen MR) is 77.4 cm³/mol. The SMILES string of the molecule is CCC(C)C(=O)Nc1ccc(N2CCNCC2)cn1. The summed E-state index contributed by atoms with van der Waals surface area (Å²) in [5, 5.41) is 6.16. The Hall–Kier alpha value is -1.62. The first-order valence-electron chi connectivity index (χ1n) is 6.93. The van der Waals surface area contributed by atoms with E-state index in [4.69, 9.17) is 0 Å². The summed E-state index contributed by atoms with van der Waals surface area (Å²) in [6.07, 6.45) is 2.67. The van der Waals surface area contributed by atoms with E-state index in [-0.39, 0.29) is 11.8 Å². The van der Waals surface area contributed by atoms with Crippen molar-refractivity contribution in [3.63, 3.8) is 0 Å². The number of aromatic nitrogens is 1. The highest BCUT2D eigenvalue weighted by Crippen LogP contribution is 2.16. The van der Waals surface area contributed by atoms with Crippen molar-refractivity contribution in [1.82, 2.24) is 10.3 Å². The number of nitrogens with zero attached hydrogens (tertiary/aromatic N) is 2. The van der Waals surface area contributed by atoms with Crippen LogP contribution in [0.2, 0.25) is 0 Å². The Kier molecular flexibility index (Phi) is 4.74. The Morgan fingerprint density at radius 2 is 2.21 bits per heavy atom. The fourth-order valence-electron chi connectivity index (χ4n) is 2.00. The summed E-state index contributed by atoms with van der Waals surface area (Å²) in [6.45, 7) is 7.94. The zero-order chi connectivity index (χ0) is 13.7. The third-order valence-corrected chi connectivity index (χ3v) is 3.54. The zero-order valence-corrected chi connectivity index (χ0v) is 11.6. The van der Waals surface area contributed by atoms with Crippen LogP contribution in [-0.4, -0.2) is 37.1 Å². The normalized spacial score (nSPS) is 17.1. The Morgan fingerprint density at radius 1 is 1.47 bits per heavy atom.